The monoisotopic (exact) mass is 563 g/mol. The fraction of sp³-hybridized carbons (Fsp3) is 0.240. The van der Waals surface area contributed by atoms with E-state index < -0.39 is 0 Å². The van der Waals surface area contributed by atoms with Crippen LogP contribution in [0.2, 0.25) is 0 Å². The van der Waals surface area contributed by atoms with Gasteiger partial charge in [0, 0.05) is 25.3 Å². The Morgan fingerprint density at radius 2 is 1.42 bits per heavy atom. The van der Waals surface area contributed by atoms with Crippen LogP contribution >= 0.6 is 24.0 Å². The third kappa shape index (κ3) is 7.45. The van der Waals surface area contributed by atoms with Gasteiger partial charge in [0.25, 0.3) is 0 Å². The summed E-state index contributed by atoms with van der Waals surface area (Å²) in [4.78, 5) is 4.29. The van der Waals surface area contributed by atoms with E-state index in [1.807, 2.05) is 66.7 Å². The van der Waals surface area contributed by atoms with Crippen LogP contribution in [0, 0.1) is 0 Å². The lowest BCUT2D eigenvalue weighted by molar-refractivity contribution is 0.284. The lowest BCUT2D eigenvalue weighted by Crippen LogP contribution is -2.30. The maximum absolute atomic E-state index is 5.93. The summed E-state index contributed by atoms with van der Waals surface area (Å²) in [5.74, 6) is 3.32. The second kappa shape index (κ2) is 13.4. The number of hydrogen-bond acceptors (Lipinski definition) is 5. The van der Waals surface area contributed by atoms with E-state index in [2.05, 4.69) is 15.6 Å². The molecule has 8 heteroatoms. The first-order chi connectivity index (χ1) is 15.7. The van der Waals surface area contributed by atoms with E-state index in [4.69, 9.17) is 18.9 Å². The number of guanidine groups is 1. The van der Waals surface area contributed by atoms with Crippen molar-refractivity contribution in [3.8, 4) is 23.0 Å². The molecule has 0 spiro atoms. The normalized spacial score (nSPS) is 10.6. The Balaban J connectivity index is 0.00000385. The summed E-state index contributed by atoms with van der Waals surface area (Å²) in [5, 5.41) is 6.55. The first kappa shape index (κ1) is 26.1. The van der Waals surface area contributed by atoms with Crippen molar-refractivity contribution >= 4 is 35.6 Å². The molecular formula is C25H30IN3O4. The Kier molecular flexibility index (Phi) is 10.6. The van der Waals surface area contributed by atoms with E-state index >= 15 is 0 Å². The van der Waals surface area contributed by atoms with Gasteiger partial charge >= 0.3 is 0 Å². The predicted molar refractivity (Wildman–Crippen MR) is 143 cm³/mol. The molecule has 0 fully saturated rings. The van der Waals surface area contributed by atoms with Gasteiger partial charge in [-0.3, -0.25) is 4.99 Å². The molecule has 0 aromatic heterocycles. The van der Waals surface area contributed by atoms with E-state index in [-0.39, 0.29) is 24.0 Å². The molecule has 0 aliphatic rings. The van der Waals surface area contributed by atoms with Crippen molar-refractivity contribution in [2.75, 3.05) is 33.7 Å². The largest absolute Gasteiger partial charge is 0.493 e. The molecule has 0 amide bonds. The maximum atomic E-state index is 5.93. The first-order valence-corrected chi connectivity index (χ1v) is 10.2. The molecule has 2 N–H and O–H groups in total. The summed E-state index contributed by atoms with van der Waals surface area (Å²) in [6.07, 6.45) is 0. The van der Waals surface area contributed by atoms with Crippen LogP contribution in [0.3, 0.4) is 0 Å². The molecule has 0 unspecified atom stereocenters. The molecule has 0 heterocycles. The summed E-state index contributed by atoms with van der Waals surface area (Å²) in [7, 11) is 6.57. The number of methoxy groups -OCH3 is 3. The first-order valence-electron chi connectivity index (χ1n) is 10.2. The number of nitrogens with one attached hydrogen (secondary N) is 2. The van der Waals surface area contributed by atoms with Gasteiger partial charge in [-0.15, -0.1) is 24.0 Å². The molecule has 3 aromatic rings. The Morgan fingerprint density at radius 1 is 0.758 bits per heavy atom. The van der Waals surface area contributed by atoms with Crippen LogP contribution in [-0.2, 0) is 13.2 Å². The standard InChI is InChI=1S/C25H29N3O4.HI/c1-26-25(28-20-11-13-21(29-2)24(15-20)31-4)27-16-19-10-12-22(23(14-19)30-3)32-17-18-8-6-5-7-9-18;/h5-15H,16-17H2,1-4H3,(H2,26,27,28);1H. The number of hydrogen-bond donors (Lipinski definition) is 2. The molecular weight excluding hydrogens is 533 g/mol. The zero-order valence-corrected chi connectivity index (χ0v) is 21.6. The highest BCUT2D eigenvalue weighted by Gasteiger charge is 2.09. The zero-order valence-electron chi connectivity index (χ0n) is 19.3. The minimum Gasteiger partial charge on any atom is -0.493 e. The Hall–Kier alpha value is -3.14. The third-order valence-electron chi connectivity index (χ3n) is 4.80. The van der Waals surface area contributed by atoms with Crippen LogP contribution in [0.1, 0.15) is 11.1 Å². The number of nitrogens with zero attached hydrogens (tertiary/aromatic N) is 1. The quantitative estimate of drug-likeness (QED) is 0.215. The number of ether oxygens (including phenoxy) is 4. The van der Waals surface area contributed by atoms with Crippen LogP contribution in [0.4, 0.5) is 5.69 Å². The van der Waals surface area contributed by atoms with Gasteiger partial charge in [-0.1, -0.05) is 36.4 Å². The van der Waals surface area contributed by atoms with Crippen molar-refractivity contribution in [2.45, 2.75) is 13.2 Å². The fourth-order valence-electron chi connectivity index (χ4n) is 3.09. The number of aliphatic imine (C=N–C) groups is 1. The molecule has 0 radical (unpaired) electrons. The molecule has 3 rings (SSSR count). The van der Waals surface area contributed by atoms with Crippen LogP contribution in [0.15, 0.2) is 71.7 Å². The third-order valence-corrected chi connectivity index (χ3v) is 4.80. The summed E-state index contributed by atoms with van der Waals surface area (Å²) in [6.45, 7) is 1.04. The van der Waals surface area contributed by atoms with Crippen molar-refractivity contribution in [1.29, 1.82) is 0 Å². The summed E-state index contributed by atoms with van der Waals surface area (Å²) in [6, 6.07) is 21.5. The van der Waals surface area contributed by atoms with Crippen molar-refractivity contribution in [3.05, 3.63) is 77.9 Å². The Bertz CT molecular complexity index is 1050. The summed E-state index contributed by atoms with van der Waals surface area (Å²) >= 11 is 0. The van der Waals surface area contributed by atoms with E-state index in [0.29, 0.717) is 42.1 Å². The number of rotatable bonds is 9. The van der Waals surface area contributed by atoms with E-state index in [9.17, 15) is 0 Å². The van der Waals surface area contributed by atoms with E-state index in [0.717, 1.165) is 16.8 Å². The van der Waals surface area contributed by atoms with Gasteiger partial charge in [0.1, 0.15) is 6.61 Å². The molecule has 0 aliphatic carbocycles. The molecule has 0 bridgehead atoms. The average molecular weight is 563 g/mol. The summed E-state index contributed by atoms with van der Waals surface area (Å²) in [5.41, 5.74) is 2.97. The van der Waals surface area contributed by atoms with Crippen molar-refractivity contribution in [1.82, 2.24) is 5.32 Å². The van der Waals surface area contributed by atoms with Crippen LogP contribution in [0.5, 0.6) is 23.0 Å². The minimum absolute atomic E-state index is 0. The van der Waals surface area contributed by atoms with E-state index in [1.54, 1.807) is 28.4 Å². The predicted octanol–water partition coefficient (Wildman–Crippen LogP) is 5.10. The molecule has 33 heavy (non-hydrogen) atoms. The number of benzene rings is 3. The second-order valence-corrected chi connectivity index (χ2v) is 6.88. The molecule has 0 saturated carbocycles. The molecule has 3 aromatic carbocycles. The highest BCUT2D eigenvalue weighted by atomic mass is 127. The molecule has 7 nitrogen and oxygen atoms in total. The SMILES string of the molecule is CN=C(NCc1ccc(OCc2ccccc2)c(OC)c1)Nc1ccc(OC)c(OC)c1.I. The van der Waals surface area contributed by atoms with Gasteiger partial charge in [-0.05, 0) is 35.4 Å². The molecule has 0 aliphatic heterocycles. The Labute approximate surface area is 212 Å². The van der Waals surface area contributed by atoms with Crippen molar-refractivity contribution < 1.29 is 18.9 Å². The fourth-order valence-corrected chi connectivity index (χ4v) is 3.09. The van der Waals surface area contributed by atoms with Gasteiger partial charge in [-0.2, -0.15) is 0 Å². The summed E-state index contributed by atoms with van der Waals surface area (Å²) < 4.78 is 22.1. The molecule has 0 saturated heterocycles. The number of anilines is 1. The van der Waals surface area contributed by atoms with Crippen LogP contribution in [-0.4, -0.2) is 34.3 Å². The molecule has 0 atom stereocenters. The van der Waals surface area contributed by atoms with Gasteiger partial charge in [0.15, 0.2) is 29.0 Å². The zero-order chi connectivity index (χ0) is 22.8. The van der Waals surface area contributed by atoms with Gasteiger partial charge in [-0.25, -0.2) is 0 Å². The van der Waals surface area contributed by atoms with E-state index in [1.165, 1.54) is 0 Å². The van der Waals surface area contributed by atoms with Crippen LogP contribution in [0.25, 0.3) is 0 Å². The smallest absolute Gasteiger partial charge is 0.195 e. The Morgan fingerprint density at radius 3 is 2.09 bits per heavy atom. The molecule has 176 valence electrons. The van der Waals surface area contributed by atoms with Gasteiger partial charge < -0.3 is 29.6 Å². The average Bonchev–Trinajstić information content (AvgIpc) is 2.85. The van der Waals surface area contributed by atoms with Crippen molar-refractivity contribution in [2.24, 2.45) is 4.99 Å². The number of halogens is 1. The van der Waals surface area contributed by atoms with Crippen molar-refractivity contribution in [3.63, 3.8) is 0 Å². The topological polar surface area (TPSA) is 73.3 Å². The van der Waals surface area contributed by atoms with Crippen LogP contribution < -0.4 is 29.6 Å². The maximum Gasteiger partial charge on any atom is 0.195 e. The van der Waals surface area contributed by atoms with Gasteiger partial charge in [0.05, 0.1) is 21.3 Å². The minimum atomic E-state index is 0. The highest BCUT2D eigenvalue weighted by molar-refractivity contribution is 14.0. The van der Waals surface area contributed by atoms with Gasteiger partial charge in [0.2, 0.25) is 0 Å². The lowest BCUT2D eigenvalue weighted by Gasteiger charge is -2.15. The second-order valence-electron chi connectivity index (χ2n) is 6.88. The highest BCUT2D eigenvalue weighted by Crippen LogP contribution is 2.30. The lowest BCUT2D eigenvalue weighted by atomic mass is 10.2.